The van der Waals surface area contributed by atoms with E-state index < -0.39 is 11.7 Å². The van der Waals surface area contributed by atoms with E-state index in [4.69, 9.17) is 4.42 Å². The Labute approximate surface area is 128 Å². The van der Waals surface area contributed by atoms with Gasteiger partial charge in [0.15, 0.2) is 5.76 Å². The summed E-state index contributed by atoms with van der Waals surface area (Å²) in [6, 6.07) is 9.01. The number of fused-ring (bicyclic) bond motifs is 4. The van der Waals surface area contributed by atoms with Crippen LogP contribution in [0.5, 0.6) is 0 Å². The van der Waals surface area contributed by atoms with E-state index in [2.05, 4.69) is 10.2 Å². The number of carbonyl (C=O) groups is 2. The molecule has 1 aromatic carbocycles. The first-order chi connectivity index (χ1) is 10.7. The van der Waals surface area contributed by atoms with Crippen LogP contribution in [0.2, 0.25) is 0 Å². The van der Waals surface area contributed by atoms with Crippen molar-refractivity contribution in [1.29, 1.82) is 0 Å². The first kappa shape index (κ1) is 13.5. The zero-order chi connectivity index (χ0) is 15.2. The molecule has 0 unspecified atom stereocenters. The fraction of sp³-hybridized carbons (Fsp3) is 0.412. The predicted molar refractivity (Wildman–Crippen MR) is 81.7 cm³/mol. The Hall–Kier alpha value is -2.14. The lowest BCUT2D eigenvalue weighted by molar-refractivity contribution is -0.120. The van der Waals surface area contributed by atoms with Crippen LogP contribution in [-0.2, 0) is 4.79 Å². The van der Waals surface area contributed by atoms with Crippen molar-refractivity contribution in [3.05, 3.63) is 36.1 Å². The Balaban J connectivity index is 1.53. The average molecular weight is 298 g/mol. The van der Waals surface area contributed by atoms with Crippen molar-refractivity contribution in [2.45, 2.75) is 24.8 Å². The van der Waals surface area contributed by atoms with Gasteiger partial charge in [0, 0.05) is 30.6 Å². The number of Topliss-reactive ketones (excluding diaryl/α,β-unsaturated/α-hetero) is 1. The maximum Gasteiger partial charge on any atom is 0.296 e. The number of hydrogen-bond donors (Lipinski definition) is 1. The molecule has 0 saturated carbocycles. The normalized spacial score (nSPS) is 27.0. The van der Waals surface area contributed by atoms with Gasteiger partial charge in [-0.05, 0) is 31.4 Å². The van der Waals surface area contributed by atoms with Gasteiger partial charge in [0.2, 0.25) is 0 Å². The van der Waals surface area contributed by atoms with Crippen molar-refractivity contribution in [2.24, 2.45) is 0 Å². The van der Waals surface area contributed by atoms with Gasteiger partial charge in [0.1, 0.15) is 5.58 Å². The van der Waals surface area contributed by atoms with Crippen molar-refractivity contribution in [3.8, 4) is 0 Å². The van der Waals surface area contributed by atoms with Crippen LogP contribution in [-0.4, -0.2) is 41.8 Å². The molecule has 3 aliphatic heterocycles. The fourth-order valence-corrected chi connectivity index (χ4v) is 3.52. The molecule has 0 spiro atoms. The Morgan fingerprint density at radius 2 is 1.77 bits per heavy atom. The molecular formula is C17H18N2O3. The summed E-state index contributed by atoms with van der Waals surface area (Å²) < 4.78 is 5.50. The smallest absolute Gasteiger partial charge is 0.296 e. The number of ketones is 1. The molecule has 5 nitrogen and oxygen atoms in total. The van der Waals surface area contributed by atoms with E-state index in [1.54, 1.807) is 12.1 Å². The lowest BCUT2D eigenvalue weighted by Crippen LogP contribution is -2.61. The monoisotopic (exact) mass is 298 g/mol. The molecule has 0 aliphatic carbocycles. The van der Waals surface area contributed by atoms with Crippen LogP contribution in [0.15, 0.2) is 34.7 Å². The van der Waals surface area contributed by atoms with Gasteiger partial charge in [-0.3, -0.25) is 9.59 Å². The summed E-state index contributed by atoms with van der Waals surface area (Å²) in [5.41, 5.74) is 0.427. The first-order valence-electron chi connectivity index (χ1n) is 7.73. The lowest BCUT2D eigenvalue weighted by atomic mass is 9.80. The number of para-hydroxylation sites is 1. The van der Waals surface area contributed by atoms with Crippen LogP contribution in [0, 0.1) is 0 Å². The first-order valence-corrected chi connectivity index (χ1v) is 7.73. The van der Waals surface area contributed by atoms with E-state index in [1.807, 2.05) is 18.2 Å². The second-order valence-corrected chi connectivity index (χ2v) is 6.30. The molecule has 3 aliphatic rings. The standard InChI is InChI=1S/C17H18N2O3/c20-15(14-11-12-3-1-2-4-13(12)22-14)16(21)18-17-5-8-19(9-6-17)10-7-17/h1-4,11H,5-10H2,(H,18,21). The highest BCUT2D eigenvalue weighted by Gasteiger charge is 2.41. The minimum Gasteiger partial charge on any atom is -0.452 e. The zero-order valence-corrected chi connectivity index (χ0v) is 12.3. The molecule has 1 amide bonds. The van der Waals surface area contributed by atoms with Crippen LogP contribution >= 0.6 is 0 Å². The second kappa shape index (κ2) is 4.95. The Morgan fingerprint density at radius 3 is 2.45 bits per heavy atom. The molecule has 4 heterocycles. The molecule has 2 bridgehead atoms. The molecule has 0 radical (unpaired) electrons. The fourth-order valence-electron chi connectivity index (χ4n) is 3.52. The lowest BCUT2D eigenvalue weighted by Gasteiger charge is -2.48. The molecule has 22 heavy (non-hydrogen) atoms. The highest BCUT2D eigenvalue weighted by atomic mass is 16.3. The van der Waals surface area contributed by atoms with Gasteiger partial charge in [0.25, 0.3) is 11.7 Å². The summed E-state index contributed by atoms with van der Waals surface area (Å²) in [7, 11) is 0. The maximum atomic E-state index is 12.3. The molecular weight excluding hydrogens is 280 g/mol. The third kappa shape index (κ3) is 2.22. The van der Waals surface area contributed by atoms with Gasteiger partial charge in [-0.2, -0.15) is 0 Å². The molecule has 114 valence electrons. The summed E-state index contributed by atoms with van der Waals surface area (Å²) in [6.07, 6.45) is 2.77. The van der Waals surface area contributed by atoms with Gasteiger partial charge in [-0.1, -0.05) is 18.2 Å². The molecule has 1 aromatic heterocycles. The largest absolute Gasteiger partial charge is 0.452 e. The van der Waals surface area contributed by atoms with Crippen LogP contribution < -0.4 is 5.32 Å². The van der Waals surface area contributed by atoms with E-state index in [1.165, 1.54) is 0 Å². The van der Waals surface area contributed by atoms with Crippen molar-refractivity contribution in [3.63, 3.8) is 0 Å². The number of furan rings is 1. The highest BCUT2D eigenvalue weighted by Crippen LogP contribution is 2.31. The predicted octanol–water partition coefficient (Wildman–Crippen LogP) is 1.97. The number of piperidine rings is 3. The highest BCUT2D eigenvalue weighted by molar-refractivity contribution is 6.42. The second-order valence-electron chi connectivity index (χ2n) is 6.30. The number of nitrogens with zero attached hydrogens (tertiary/aromatic N) is 1. The Bertz CT molecular complexity index is 694. The minimum atomic E-state index is -0.585. The van der Waals surface area contributed by atoms with Crippen LogP contribution in [0.4, 0.5) is 0 Å². The van der Waals surface area contributed by atoms with Gasteiger partial charge in [-0.15, -0.1) is 0 Å². The molecule has 3 fully saturated rings. The maximum absolute atomic E-state index is 12.3. The van der Waals surface area contributed by atoms with Gasteiger partial charge < -0.3 is 14.6 Å². The average Bonchev–Trinajstić information content (AvgIpc) is 2.99. The van der Waals surface area contributed by atoms with Crippen molar-refractivity contribution in [2.75, 3.05) is 19.6 Å². The van der Waals surface area contributed by atoms with Gasteiger partial charge in [-0.25, -0.2) is 0 Å². The summed E-state index contributed by atoms with van der Waals surface area (Å²) in [5, 5.41) is 3.82. The van der Waals surface area contributed by atoms with E-state index in [-0.39, 0.29) is 11.3 Å². The number of nitrogens with one attached hydrogen (secondary N) is 1. The molecule has 2 aromatic rings. The number of amides is 1. The SMILES string of the molecule is O=C(NC12CCN(CC1)CC2)C(=O)c1cc2ccccc2o1. The quantitative estimate of drug-likeness (QED) is 0.695. The summed E-state index contributed by atoms with van der Waals surface area (Å²) >= 11 is 0. The van der Waals surface area contributed by atoms with Crippen LogP contribution in [0.3, 0.4) is 0 Å². The number of hydrogen-bond acceptors (Lipinski definition) is 4. The molecule has 3 saturated heterocycles. The van der Waals surface area contributed by atoms with Gasteiger partial charge >= 0.3 is 0 Å². The van der Waals surface area contributed by atoms with Crippen molar-refractivity contribution >= 4 is 22.7 Å². The van der Waals surface area contributed by atoms with Crippen molar-refractivity contribution in [1.82, 2.24) is 10.2 Å². The van der Waals surface area contributed by atoms with E-state index in [9.17, 15) is 9.59 Å². The van der Waals surface area contributed by atoms with Crippen molar-refractivity contribution < 1.29 is 14.0 Å². The minimum absolute atomic E-state index is 0.114. The molecule has 5 heteroatoms. The Morgan fingerprint density at radius 1 is 1.09 bits per heavy atom. The topological polar surface area (TPSA) is 62.6 Å². The molecule has 0 atom stereocenters. The van der Waals surface area contributed by atoms with Gasteiger partial charge in [0.05, 0.1) is 0 Å². The summed E-state index contributed by atoms with van der Waals surface area (Å²) in [5.74, 6) is -1.02. The van der Waals surface area contributed by atoms with E-state index >= 15 is 0 Å². The zero-order valence-electron chi connectivity index (χ0n) is 12.3. The molecule has 5 rings (SSSR count). The molecule has 1 N–H and O–H groups in total. The number of benzene rings is 1. The Kier molecular flexibility index (Phi) is 3.04. The van der Waals surface area contributed by atoms with E-state index in [0.29, 0.717) is 5.58 Å². The summed E-state index contributed by atoms with van der Waals surface area (Å²) in [4.78, 5) is 27.1. The number of rotatable bonds is 3. The third-order valence-electron chi connectivity index (χ3n) is 4.95. The van der Waals surface area contributed by atoms with Crippen LogP contribution in [0.1, 0.15) is 29.8 Å². The van der Waals surface area contributed by atoms with Crippen LogP contribution in [0.25, 0.3) is 11.0 Å². The summed E-state index contributed by atoms with van der Waals surface area (Å²) in [6.45, 7) is 3.00. The third-order valence-corrected chi connectivity index (χ3v) is 4.95. The van der Waals surface area contributed by atoms with E-state index in [0.717, 1.165) is 44.3 Å². The number of carbonyl (C=O) groups excluding carboxylic acids is 2.